The van der Waals surface area contributed by atoms with Crippen LogP contribution in [0.25, 0.3) is 0 Å². The van der Waals surface area contributed by atoms with Crippen molar-refractivity contribution >= 4 is 24.0 Å². The van der Waals surface area contributed by atoms with Crippen LogP contribution >= 0.6 is 0 Å². The third-order valence-electron chi connectivity index (χ3n) is 6.53. The van der Waals surface area contributed by atoms with Crippen LogP contribution in [0, 0.1) is 0 Å². The van der Waals surface area contributed by atoms with Gasteiger partial charge in [0.05, 0.1) is 24.9 Å². The van der Waals surface area contributed by atoms with E-state index in [0.717, 1.165) is 45.1 Å². The minimum Gasteiger partial charge on any atom is -0.461 e. The Hall–Kier alpha value is -2.44. The van der Waals surface area contributed by atoms with Crippen LogP contribution in [0.15, 0.2) is 0 Å². The van der Waals surface area contributed by atoms with Crippen LogP contribution in [0.5, 0.6) is 0 Å². The molecule has 8 N–H and O–H groups in total. The second-order valence-electron chi connectivity index (χ2n) is 14.0. The zero-order valence-corrected chi connectivity index (χ0v) is 32.0. The number of hydrogen-bond donors (Lipinski definition) is 4. The zero-order chi connectivity index (χ0) is 37.2. The molecule has 0 rings (SSSR count). The van der Waals surface area contributed by atoms with Gasteiger partial charge in [0.1, 0.15) is 17.2 Å². The molecule has 0 fully saturated rings. The van der Waals surface area contributed by atoms with Crippen molar-refractivity contribution in [2.75, 3.05) is 6.54 Å². The fraction of sp³-hybridized carbons (Fsp3) is 0.886. The van der Waals surface area contributed by atoms with Crippen LogP contribution in [0.4, 0.5) is 4.79 Å². The van der Waals surface area contributed by atoms with Crippen molar-refractivity contribution in [2.45, 2.75) is 195 Å². The van der Waals surface area contributed by atoms with Gasteiger partial charge in [0.25, 0.3) is 0 Å². The van der Waals surface area contributed by atoms with Crippen LogP contribution in [0.1, 0.15) is 154 Å². The predicted octanol–water partition coefficient (Wildman–Crippen LogP) is 4.64. The van der Waals surface area contributed by atoms with Gasteiger partial charge in [0.15, 0.2) is 6.04 Å². The molecule has 0 radical (unpaired) electrons. The Balaban J connectivity index is -0.000000841. The summed E-state index contributed by atoms with van der Waals surface area (Å²) in [5.74, 6) is -0.858. The van der Waals surface area contributed by atoms with E-state index in [9.17, 15) is 19.2 Å². The topological polar surface area (TPSA) is 193 Å². The minimum atomic E-state index is -0.773. The van der Waals surface area contributed by atoms with E-state index in [1.165, 1.54) is 0 Å². The molecule has 0 bridgehead atoms. The number of aliphatic hydroxyl groups is 1. The quantitative estimate of drug-likeness (QED) is 0.0907. The van der Waals surface area contributed by atoms with E-state index in [2.05, 4.69) is 16.8 Å². The standard InChI is InChI=1S/C21H39NO6.C10H22N2O2.C4H10O/c1-9-15(2)26-18(24)16(22-19(25)28-21(6,7)8)13-11-10-12-14-17(23)27-20(3,4)5;1-3-8(2)14-10(13)9(12)6-4-5-7-11;1-3-4(2)5/h15-16H,9-14H2,1-8H3,(H,22,25);8-9H,3-7,11-12H2,1-2H3;4-5H,3H2,1-2H3/p+2. The van der Waals surface area contributed by atoms with Crippen LogP contribution in [0.2, 0.25) is 0 Å². The second-order valence-corrected chi connectivity index (χ2v) is 14.0. The van der Waals surface area contributed by atoms with E-state index in [1.807, 2.05) is 55.4 Å². The molecular weight excluding hydrogens is 606 g/mol. The first-order valence-corrected chi connectivity index (χ1v) is 17.5. The van der Waals surface area contributed by atoms with Crippen LogP contribution in [-0.2, 0) is 33.3 Å². The molecule has 0 saturated heterocycles. The number of rotatable bonds is 18. The van der Waals surface area contributed by atoms with E-state index < -0.39 is 29.3 Å². The number of alkyl carbamates (subject to hydrolysis) is 1. The summed E-state index contributed by atoms with van der Waals surface area (Å²) in [4.78, 5) is 47.5. The number of amides is 1. The third-order valence-corrected chi connectivity index (χ3v) is 6.53. The monoisotopic (exact) mass is 680 g/mol. The Labute approximate surface area is 285 Å². The fourth-order valence-corrected chi connectivity index (χ4v) is 3.31. The molecule has 5 atom stereocenters. The second kappa shape index (κ2) is 27.5. The molecular formula is C35H73N3O9+2. The summed E-state index contributed by atoms with van der Waals surface area (Å²) in [7, 11) is 0. The Kier molecular flexibility index (Phi) is 28.6. The van der Waals surface area contributed by atoms with E-state index in [1.54, 1.807) is 27.7 Å². The summed E-state index contributed by atoms with van der Waals surface area (Å²) in [5.41, 5.74) is 6.42. The lowest BCUT2D eigenvalue weighted by atomic mass is 10.1. The number of unbranched alkanes of at least 4 members (excludes halogenated alkanes) is 3. The summed E-state index contributed by atoms with van der Waals surface area (Å²) < 4.78 is 21.0. The van der Waals surface area contributed by atoms with E-state index in [0.29, 0.717) is 32.1 Å². The molecule has 12 nitrogen and oxygen atoms in total. The molecule has 12 heteroatoms. The van der Waals surface area contributed by atoms with Crippen LogP contribution < -0.4 is 16.8 Å². The Morgan fingerprint density at radius 2 is 1.17 bits per heavy atom. The van der Waals surface area contributed by atoms with Crippen molar-refractivity contribution in [2.24, 2.45) is 0 Å². The van der Waals surface area contributed by atoms with Crippen molar-refractivity contribution in [3.63, 3.8) is 0 Å². The van der Waals surface area contributed by atoms with Gasteiger partial charge in [0, 0.05) is 12.8 Å². The van der Waals surface area contributed by atoms with E-state index >= 15 is 0 Å². The molecule has 0 spiro atoms. The molecule has 280 valence electrons. The van der Waals surface area contributed by atoms with Crippen LogP contribution in [0.3, 0.4) is 0 Å². The number of quaternary nitrogens is 2. The first kappa shape index (κ1) is 49.0. The normalized spacial score (nSPS) is 14.4. The van der Waals surface area contributed by atoms with E-state index in [4.69, 9.17) is 24.1 Å². The largest absolute Gasteiger partial charge is 0.461 e. The summed E-state index contributed by atoms with van der Waals surface area (Å²) in [6, 6.07) is -0.985. The predicted molar refractivity (Wildman–Crippen MR) is 184 cm³/mol. The number of aliphatic hydroxyl groups excluding tert-OH is 1. The number of ether oxygens (including phenoxy) is 4. The summed E-state index contributed by atoms with van der Waals surface area (Å²) in [6.07, 6.45) is 7.14. The lowest BCUT2D eigenvalue weighted by Crippen LogP contribution is -2.65. The van der Waals surface area contributed by atoms with Gasteiger partial charge in [-0.05, 0) is 107 Å². The van der Waals surface area contributed by atoms with Gasteiger partial charge in [-0.15, -0.1) is 0 Å². The number of hydrogen-bond acceptors (Lipinski definition) is 9. The number of nitrogens with one attached hydrogen (secondary N) is 1. The summed E-state index contributed by atoms with van der Waals surface area (Å²) >= 11 is 0. The number of carbonyl (C=O) groups is 4. The first-order chi connectivity index (χ1) is 21.6. The van der Waals surface area contributed by atoms with Crippen molar-refractivity contribution in [1.29, 1.82) is 0 Å². The van der Waals surface area contributed by atoms with Gasteiger partial charge in [0.2, 0.25) is 0 Å². The Morgan fingerprint density at radius 1 is 0.702 bits per heavy atom. The van der Waals surface area contributed by atoms with Gasteiger partial charge >= 0.3 is 24.0 Å². The van der Waals surface area contributed by atoms with Crippen molar-refractivity contribution < 1.29 is 54.7 Å². The fourth-order valence-electron chi connectivity index (χ4n) is 3.31. The molecule has 0 aromatic rings. The summed E-state index contributed by atoms with van der Waals surface area (Å²) in [6.45, 7) is 23.1. The van der Waals surface area contributed by atoms with Gasteiger partial charge in [-0.1, -0.05) is 33.6 Å². The van der Waals surface area contributed by atoms with Crippen molar-refractivity contribution in [3.8, 4) is 0 Å². The maximum absolute atomic E-state index is 12.4. The lowest BCUT2D eigenvalue weighted by molar-refractivity contribution is -0.411. The minimum absolute atomic E-state index is 0.0135. The SMILES string of the molecule is CCC(C)O.CCC(C)OC(=O)C(CCCCCC(=O)OC(C)(C)C)NC(=O)OC(C)(C)C.CCC(C)OC(=O)C([NH3+])CCCC[NH3+]. The molecule has 0 aromatic carbocycles. The van der Waals surface area contributed by atoms with Crippen LogP contribution in [-0.4, -0.2) is 77.3 Å². The van der Waals surface area contributed by atoms with Crippen molar-refractivity contribution in [1.82, 2.24) is 5.32 Å². The molecule has 47 heavy (non-hydrogen) atoms. The highest BCUT2D eigenvalue weighted by atomic mass is 16.6. The molecule has 0 saturated carbocycles. The first-order valence-electron chi connectivity index (χ1n) is 17.5. The molecule has 0 aliphatic rings. The summed E-state index contributed by atoms with van der Waals surface area (Å²) in [5, 5.41) is 11.0. The Morgan fingerprint density at radius 3 is 1.60 bits per heavy atom. The average molecular weight is 680 g/mol. The average Bonchev–Trinajstić information content (AvgIpc) is 2.94. The van der Waals surface area contributed by atoms with Crippen molar-refractivity contribution in [3.05, 3.63) is 0 Å². The maximum atomic E-state index is 12.4. The highest BCUT2D eigenvalue weighted by molar-refractivity contribution is 5.81. The Bertz CT molecular complexity index is 839. The lowest BCUT2D eigenvalue weighted by Gasteiger charge is -2.24. The van der Waals surface area contributed by atoms with Gasteiger partial charge < -0.3 is 40.8 Å². The van der Waals surface area contributed by atoms with E-state index in [-0.39, 0.29) is 36.3 Å². The number of esters is 3. The van der Waals surface area contributed by atoms with Gasteiger partial charge in [-0.2, -0.15) is 0 Å². The van der Waals surface area contributed by atoms with Gasteiger partial charge in [-0.3, -0.25) is 4.79 Å². The molecule has 0 heterocycles. The third kappa shape index (κ3) is 34.7. The molecule has 0 aliphatic carbocycles. The zero-order valence-electron chi connectivity index (χ0n) is 32.0. The maximum Gasteiger partial charge on any atom is 0.408 e. The smallest absolute Gasteiger partial charge is 0.408 e. The molecule has 5 unspecified atom stereocenters. The molecule has 1 amide bonds. The molecule has 0 aromatic heterocycles. The highest BCUT2D eigenvalue weighted by Gasteiger charge is 2.26. The van der Waals surface area contributed by atoms with Gasteiger partial charge in [-0.25, -0.2) is 14.4 Å². The highest BCUT2D eigenvalue weighted by Crippen LogP contribution is 2.14. The molecule has 0 aliphatic heterocycles. The number of carbonyl (C=O) groups excluding carboxylic acids is 4.